The van der Waals surface area contributed by atoms with Crippen LogP contribution in [0.1, 0.15) is 20.3 Å². The Hall–Kier alpha value is -1.29. The van der Waals surface area contributed by atoms with E-state index in [1.807, 2.05) is 19.4 Å². The fourth-order valence-corrected chi connectivity index (χ4v) is 1.75. The highest BCUT2D eigenvalue weighted by molar-refractivity contribution is 5.53. The Balaban J connectivity index is 2.26. The largest absolute Gasteiger partial charge is 0.387 e. The average molecular weight is 236 g/mol. The van der Waals surface area contributed by atoms with Gasteiger partial charge in [0.1, 0.15) is 0 Å². The van der Waals surface area contributed by atoms with Crippen LogP contribution in [-0.2, 0) is 0 Å². The Morgan fingerprint density at radius 1 is 1.18 bits per heavy atom. The summed E-state index contributed by atoms with van der Waals surface area (Å²) in [6, 6.07) is 2.07. The number of pyridine rings is 1. The van der Waals surface area contributed by atoms with Gasteiger partial charge < -0.3 is 15.5 Å². The molecule has 0 saturated carbocycles. The van der Waals surface area contributed by atoms with Gasteiger partial charge in [0.05, 0.1) is 23.8 Å². The molecule has 0 aromatic carbocycles. The summed E-state index contributed by atoms with van der Waals surface area (Å²) < 4.78 is 0. The van der Waals surface area contributed by atoms with Crippen LogP contribution >= 0.6 is 0 Å². The smallest absolute Gasteiger partial charge is 0.0547 e. The van der Waals surface area contributed by atoms with E-state index < -0.39 is 0 Å². The van der Waals surface area contributed by atoms with Crippen LogP contribution < -0.4 is 10.6 Å². The Morgan fingerprint density at radius 3 is 2.53 bits per heavy atom. The minimum absolute atomic E-state index is 0.991. The number of nitrogens with one attached hydrogen (secondary N) is 2. The summed E-state index contributed by atoms with van der Waals surface area (Å²) >= 11 is 0. The molecule has 0 spiro atoms. The number of nitrogens with zero attached hydrogens (tertiary/aromatic N) is 2. The third kappa shape index (κ3) is 5.04. The highest BCUT2D eigenvalue weighted by atomic mass is 15.1. The number of hydrogen-bond donors (Lipinski definition) is 2. The van der Waals surface area contributed by atoms with E-state index in [0.29, 0.717) is 0 Å². The van der Waals surface area contributed by atoms with Crippen molar-refractivity contribution >= 4 is 11.4 Å². The van der Waals surface area contributed by atoms with Gasteiger partial charge in [-0.25, -0.2) is 0 Å². The lowest BCUT2D eigenvalue weighted by Crippen LogP contribution is -2.25. The summed E-state index contributed by atoms with van der Waals surface area (Å²) in [5.41, 5.74) is 2.12. The zero-order chi connectivity index (χ0) is 12.5. The maximum atomic E-state index is 4.17. The highest BCUT2D eigenvalue weighted by Gasteiger charge is 1.98. The molecule has 0 aliphatic rings. The maximum absolute atomic E-state index is 4.17. The van der Waals surface area contributed by atoms with E-state index >= 15 is 0 Å². The highest BCUT2D eigenvalue weighted by Crippen LogP contribution is 2.11. The van der Waals surface area contributed by atoms with Gasteiger partial charge in [-0.05, 0) is 32.1 Å². The minimum atomic E-state index is 0.991. The topological polar surface area (TPSA) is 40.2 Å². The molecule has 96 valence electrons. The molecule has 4 heteroatoms. The van der Waals surface area contributed by atoms with Crippen molar-refractivity contribution in [2.75, 3.05) is 43.9 Å². The van der Waals surface area contributed by atoms with Gasteiger partial charge in [-0.2, -0.15) is 0 Å². The molecule has 1 rings (SSSR count). The molecule has 2 N–H and O–H groups in total. The van der Waals surface area contributed by atoms with Crippen molar-refractivity contribution in [1.29, 1.82) is 0 Å². The Labute approximate surface area is 104 Å². The summed E-state index contributed by atoms with van der Waals surface area (Å²) in [4.78, 5) is 6.60. The zero-order valence-electron chi connectivity index (χ0n) is 11.2. The molecule has 1 heterocycles. The average Bonchev–Trinajstić information content (AvgIpc) is 2.39. The second-order valence-corrected chi connectivity index (χ2v) is 4.02. The lowest BCUT2D eigenvalue weighted by molar-refractivity contribution is 0.303. The summed E-state index contributed by atoms with van der Waals surface area (Å²) in [6.07, 6.45) is 4.84. The molecule has 0 bridgehead atoms. The van der Waals surface area contributed by atoms with Gasteiger partial charge in [0.15, 0.2) is 0 Å². The van der Waals surface area contributed by atoms with Crippen molar-refractivity contribution in [3.63, 3.8) is 0 Å². The molecule has 0 unspecified atom stereocenters. The van der Waals surface area contributed by atoms with Crippen molar-refractivity contribution in [3.8, 4) is 0 Å². The summed E-state index contributed by atoms with van der Waals surface area (Å²) in [5.74, 6) is 0. The van der Waals surface area contributed by atoms with Crippen LogP contribution in [0.25, 0.3) is 0 Å². The lowest BCUT2D eigenvalue weighted by Gasteiger charge is -2.17. The van der Waals surface area contributed by atoms with E-state index in [2.05, 4.69) is 40.4 Å². The van der Waals surface area contributed by atoms with E-state index in [9.17, 15) is 0 Å². The second kappa shape index (κ2) is 7.90. The predicted octanol–water partition coefficient (Wildman–Crippen LogP) is 2.27. The molecule has 0 amide bonds. The van der Waals surface area contributed by atoms with Crippen LogP contribution in [-0.4, -0.2) is 43.1 Å². The van der Waals surface area contributed by atoms with E-state index in [1.165, 1.54) is 0 Å². The van der Waals surface area contributed by atoms with Crippen molar-refractivity contribution in [2.45, 2.75) is 20.3 Å². The third-order valence-corrected chi connectivity index (χ3v) is 2.90. The number of hydrogen-bond acceptors (Lipinski definition) is 4. The van der Waals surface area contributed by atoms with Crippen molar-refractivity contribution in [1.82, 2.24) is 9.88 Å². The Morgan fingerprint density at radius 2 is 1.88 bits per heavy atom. The summed E-state index contributed by atoms with van der Waals surface area (Å²) in [6.45, 7) is 8.82. The van der Waals surface area contributed by atoms with Crippen LogP contribution in [0.4, 0.5) is 11.4 Å². The van der Waals surface area contributed by atoms with E-state index in [4.69, 9.17) is 0 Å². The van der Waals surface area contributed by atoms with Crippen LogP contribution in [0.5, 0.6) is 0 Å². The van der Waals surface area contributed by atoms with E-state index in [1.54, 1.807) is 0 Å². The first-order valence-electron chi connectivity index (χ1n) is 6.39. The third-order valence-electron chi connectivity index (χ3n) is 2.90. The van der Waals surface area contributed by atoms with Gasteiger partial charge in [0.2, 0.25) is 0 Å². The SMILES string of the molecule is CCN(CC)CCCNc1cncc(NC)c1. The molecule has 0 radical (unpaired) electrons. The molecule has 4 nitrogen and oxygen atoms in total. The predicted molar refractivity (Wildman–Crippen MR) is 74.7 cm³/mol. The molecule has 1 aromatic rings. The van der Waals surface area contributed by atoms with E-state index in [0.717, 1.165) is 44.0 Å². The molecule has 0 saturated heterocycles. The van der Waals surface area contributed by atoms with Gasteiger partial charge in [0, 0.05) is 13.6 Å². The first-order chi connectivity index (χ1) is 8.30. The lowest BCUT2D eigenvalue weighted by atomic mass is 10.3. The first-order valence-corrected chi connectivity index (χ1v) is 6.39. The molecule has 0 atom stereocenters. The van der Waals surface area contributed by atoms with Gasteiger partial charge in [-0.1, -0.05) is 13.8 Å². The van der Waals surface area contributed by atoms with Gasteiger partial charge in [-0.15, -0.1) is 0 Å². The minimum Gasteiger partial charge on any atom is -0.387 e. The summed E-state index contributed by atoms with van der Waals surface area (Å²) in [7, 11) is 1.90. The van der Waals surface area contributed by atoms with Crippen LogP contribution in [0.2, 0.25) is 0 Å². The monoisotopic (exact) mass is 236 g/mol. The molecule has 0 fully saturated rings. The molecule has 0 aliphatic carbocycles. The number of aromatic nitrogens is 1. The van der Waals surface area contributed by atoms with E-state index in [-0.39, 0.29) is 0 Å². The molecular formula is C13H24N4. The Kier molecular flexibility index (Phi) is 6.40. The second-order valence-electron chi connectivity index (χ2n) is 4.02. The molecular weight excluding hydrogens is 212 g/mol. The van der Waals surface area contributed by atoms with Crippen molar-refractivity contribution in [2.24, 2.45) is 0 Å². The quantitative estimate of drug-likeness (QED) is 0.679. The molecule has 1 aromatic heterocycles. The van der Waals surface area contributed by atoms with Crippen molar-refractivity contribution < 1.29 is 0 Å². The van der Waals surface area contributed by atoms with Crippen LogP contribution in [0, 0.1) is 0 Å². The van der Waals surface area contributed by atoms with Gasteiger partial charge in [-0.3, -0.25) is 4.98 Å². The van der Waals surface area contributed by atoms with Gasteiger partial charge in [0.25, 0.3) is 0 Å². The first kappa shape index (κ1) is 13.8. The fraction of sp³-hybridized carbons (Fsp3) is 0.615. The normalized spacial score (nSPS) is 10.6. The molecule has 0 aliphatic heterocycles. The maximum Gasteiger partial charge on any atom is 0.0547 e. The van der Waals surface area contributed by atoms with Crippen LogP contribution in [0.3, 0.4) is 0 Å². The summed E-state index contributed by atoms with van der Waals surface area (Å²) in [5, 5.41) is 6.48. The number of rotatable bonds is 8. The Bertz CT molecular complexity index is 310. The molecule has 17 heavy (non-hydrogen) atoms. The standard InChI is InChI=1S/C13H24N4/c1-4-17(5-2)8-6-7-16-13-9-12(14-3)10-15-11-13/h9-11,14,16H,4-8H2,1-3H3. The fourth-order valence-electron chi connectivity index (χ4n) is 1.75. The van der Waals surface area contributed by atoms with Gasteiger partial charge >= 0.3 is 0 Å². The van der Waals surface area contributed by atoms with Crippen molar-refractivity contribution in [3.05, 3.63) is 18.5 Å². The number of anilines is 2. The van der Waals surface area contributed by atoms with Crippen LogP contribution in [0.15, 0.2) is 18.5 Å². The zero-order valence-corrected chi connectivity index (χ0v) is 11.2.